The van der Waals surface area contributed by atoms with Crippen molar-refractivity contribution in [1.82, 2.24) is 9.29 Å². The van der Waals surface area contributed by atoms with E-state index in [0.29, 0.717) is 6.54 Å². The van der Waals surface area contributed by atoms with E-state index in [1.165, 1.54) is 6.26 Å². The fourth-order valence-electron chi connectivity index (χ4n) is 2.70. The average molecular weight is 362 g/mol. The molecule has 20 heavy (non-hydrogen) atoms. The third-order valence-corrected chi connectivity index (χ3v) is 5.52. The van der Waals surface area contributed by atoms with E-state index in [9.17, 15) is 8.42 Å². The van der Waals surface area contributed by atoms with E-state index < -0.39 is 10.0 Å². The minimum atomic E-state index is -3.11. The van der Waals surface area contributed by atoms with Crippen LogP contribution < -0.4 is 4.90 Å². The molecule has 2 rings (SSSR count). The molecule has 7 heteroatoms. The first-order valence-corrected chi connectivity index (χ1v) is 9.39. The quantitative estimate of drug-likeness (QED) is 0.823. The summed E-state index contributed by atoms with van der Waals surface area (Å²) in [7, 11) is -3.11. The van der Waals surface area contributed by atoms with E-state index in [-0.39, 0.29) is 6.04 Å². The van der Waals surface area contributed by atoms with Gasteiger partial charge >= 0.3 is 0 Å². The first kappa shape index (κ1) is 15.7. The molecule has 112 valence electrons. The number of nitrogens with zero attached hydrogens (tertiary/aromatic N) is 3. The van der Waals surface area contributed by atoms with Gasteiger partial charge in [-0.05, 0) is 40.9 Å². The van der Waals surface area contributed by atoms with Crippen molar-refractivity contribution in [2.24, 2.45) is 0 Å². The molecule has 0 spiro atoms. The minimum Gasteiger partial charge on any atom is -0.357 e. The smallest absolute Gasteiger partial charge is 0.211 e. The molecule has 0 N–H and O–H groups in total. The topological polar surface area (TPSA) is 53.5 Å². The Bertz CT molecular complexity index is 539. The van der Waals surface area contributed by atoms with Gasteiger partial charge in [-0.15, -0.1) is 0 Å². The van der Waals surface area contributed by atoms with Crippen LogP contribution in [0.15, 0.2) is 22.8 Å². The highest BCUT2D eigenvalue weighted by Crippen LogP contribution is 2.23. The Kier molecular flexibility index (Phi) is 5.04. The maximum absolute atomic E-state index is 11.7. The van der Waals surface area contributed by atoms with Gasteiger partial charge in [-0.3, -0.25) is 0 Å². The monoisotopic (exact) mass is 361 g/mol. The van der Waals surface area contributed by atoms with E-state index in [0.717, 1.165) is 36.2 Å². The number of hydrogen-bond acceptors (Lipinski definition) is 4. The maximum atomic E-state index is 11.7. The highest BCUT2D eigenvalue weighted by atomic mass is 79.9. The van der Waals surface area contributed by atoms with Crippen LogP contribution in [0.5, 0.6) is 0 Å². The van der Waals surface area contributed by atoms with Gasteiger partial charge in [0, 0.05) is 36.3 Å². The van der Waals surface area contributed by atoms with Crippen molar-refractivity contribution >= 4 is 31.8 Å². The summed E-state index contributed by atoms with van der Waals surface area (Å²) in [4.78, 5) is 6.60. The van der Waals surface area contributed by atoms with E-state index in [4.69, 9.17) is 0 Å². The van der Waals surface area contributed by atoms with Gasteiger partial charge in [-0.2, -0.15) is 4.31 Å². The molecule has 0 radical (unpaired) electrons. The highest BCUT2D eigenvalue weighted by Gasteiger charge is 2.29. The van der Waals surface area contributed by atoms with Crippen molar-refractivity contribution in [1.29, 1.82) is 0 Å². The number of rotatable bonds is 4. The predicted molar refractivity (Wildman–Crippen MR) is 84.4 cm³/mol. The lowest BCUT2D eigenvalue weighted by Gasteiger charge is -2.37. The van der Waals surface area contributed by atoms with Crippen molar-refractivity contribution in [3.8, 4) is 0 Å². The van der Waals surface area contributed by atoms with Crippen LogP contribution in [0.4, 0.5) is 5.82 Å². The van der Waals surface area contributed by atoms with Gasteiger partial charge in [0.25, 0.3) is 0 Å². The molecule has 0 aromatic carbocycles. The van der Waals surface area contributed by atoms with Crippen molar-refractivity contribution < 1.29 is 8.42 Å². The van der Waals surface area contributed by atoms with Crippen LogP contribution in [0, 0.1) is 0 Å². The van der Waals surface area contributed by atoms with Gasteiger partial charge in [-0.25, -0.2) is 13.4 Å². The van der Waals surface area contributed by atoms with E-state index in [2.05, 4.69) is 25.8 Å². The lowest BCUT2D eigenvalue weighted by molar-refractivity contribution is 0.285. The molecular weight excluding hydrogens is 342 g/mol. The van der Waals surface area contributed by atoms with Crippen molar-refractivity contribution in [3.05, 3.63) is 22.8 Å². The molecule has 1 saturated heterocycles. The zero-order valence-corrected chi connectivity index (χ0v) is 14.2. The van der Waals surface area contributed by atoms with Crippen LogP contribution in [0.25, 0.3) is 0 Å². The van der Waals surface area contributed by atoms with Gasteiger partial charge in [0.15, 0.2) is 0 Å². The van der Waals surface area contributed by atoms with Crippen LogP contribution in [0.2, 0.25) is 0 Å². The fourth-order valence-corrected chi connectivity index (χ4v) is 4.16. The maximum Gasteiger partial charge on any atom is 0.211 e. The second-order valence-electron chi connectivity index (χ2n) is 5.02. The molecule has 0 unspecified atom stereocenters. The Morgan fingerprint density at radius 2 is 2.05 bits per heavy atom. The number of aromatic nitrogens is 1. The lowest BCUT2D eigenvalue weighted by Crippen LogP contribution is -2.47. The van der Waals surface area contributed by atoms with Crippen LogP contribution in [0.3, 0.4) is 0 Å². The van der Waals surface area contributed by atoms with Crippen molar-refractivity contribution in [3.63, 3.8) is 0 Å². The Hall–Kier alpha value is -0.660. The molecule has 1 aromatic heterocycles. The third kappa shape index (κ3) is 3.71. The van der Waals surface area contributed by atoms with E-state index in [1.807, 2.05) is 19.1 Å². The second kappa shape index (κ2) is 6.41. The Labute approximate surface area is 129 Å². The van der Waals surface area contributed by atoms with E-state index >= 15 is 0 Å². The zero-order valence-electron chi connectivity index (χ0n) is 11.8. The second-order valence-corrected chi connectivity index (χ2v) is 7.87. The van der Waals surface area contributed by atoms with Crippen molar-refractivity contribution in [2.45, 2.75) is 25.8 Å². The van der Waals surface area contributed by atoms with Gasteiger partial charge in [0.1, 0.15) is 5.82 Å². The van der Waals surface area contributed by atoms with Crippen LogP contribution in [0.1, 0.15) is 19.8 Å². The molecule has 1 fully saturated rings. The first-order valence-electron chi connectivity index (χ1n) is 6.75. The van der Waals surface area contributed by atoms with Gasteiger partial charge in [0.05, 0.1) is 6.26 Å². The normalized spacial score (nSPS) is 17.7. The largest absolute Gasteiger partial charge is 0.357 e. The summed E-state index contributed by atoms with van der Waals surface area (Å²) in [5, 5.41) is 0. The molecule has 1 aliphatic heterocycles. The summed E-state index contributed by atoms with van der Waals surface area (Å²) in [6.45, 7) is 4.11. The number of anilines is 1. The SMILES string of the molecule is CCN(C1CCN(c2ccc(Br)cn2)CC1)S(C)(=O)=O. The summed E-state index contributed by atoms with van der Waals surface area (Å²) >= 11 is 3.37. The summed E-state index contributed by atoms with van der Waals surface area (Å²) in [6, 6.07) is 4.07. The first-order chi connectivity index (χ1) is 9.41. The summed E-state index contributed by atoms with van der Waals surface area (Å²) in [6.07, 6.45) is 4.77. The van der Waals surface area contributed by atoms with Crippen LogP contribution in [-0.4, -0.2) is 49.6 Å². The Morgan fingerprint density at radius 1 is 1.40 bits per heavy atom. The molecule has 0 bridgehead atoms. The molecule has 0 amide bonds. The van der Waals surface area contributed by atoms with Gasteiger partial charge in [-0.1, -0.05) is 6.92 Å². The molecule has 5 nitrogen and oxygen atoms in total. The molecular formula is C13H20BrN3O2S. The molecule has 1 aliphatic rings. The lowest BCUT2D eigenvalue weighted by atomic mass is 10.1. The molecule has 0 aliphatic carbocycles. The van der Waals surface area contributed by atoms with Crippen molar-refractivity contribution in [2.75, 3.05) is 30.8 Å². The standard InChI is InChI=1S/C13H20BrN3O2S/c1-3-17(20(2,18)19)12-6-8-16(9-7-12)13-5-4-11(14)10-15-13/h4-5,10,12H,3,6-9H2,1-2H3. The average Bonchev–Trinajstić information content (AvgIpc) is 2.40. The van der Waals surface area contributed by atoms with Gasteiger partial charge in [0.2, 0.25) is 10.0 Å². The highest BCUT2D eigenvalue weighted by molar-refractivity contribution is 9.10. The van der Waals surface area contributed by atoms with Crippen LogP contribution in [-0.2, 0) is 10.0 Å². The number of hydrogen-bond donors (Lipinski definition) is 0. The fraction of sp³-hybridized carbons (Fsp3) is 0.615. The minimum absolute atomic E-state index is 0.113. The Balaban J connectivity index is 2.00. The van der Waals surface area contributed by atoms with Crippen LogP contribution >= 0.6 is 15.9 Å². The van der Waals surface area contributed by atoms with E-state index in [1.54, 1.807) is 10.5 Å². The molecule has 0 saturated carbocycles. The number of halogens is 1. The number of sulfonamides is 1. The zero-order chi connectivity index (χ0) is 14.8. The summed E-state index contributed by atoms with van der Waals surface area (Å²) in [5.41, 5.74) is 0. The van der Waals surface area contributed by atoms with Gasteiger partial charge < -0.3 is 4.90 Å². The summed E-state index contributed by atoms with van der Waals surface area (Å²) < 4.78 is 26.1. The predicted octanol–water partition coefficient (Wildman–Crippen LogP) is 2.09. The molecule has 2 heterocycles. The number of piperidine rings is 1. The Morgan fingerprint density at radius 3 is 2.50 bits per heavy atom. The molecule has 1 aromatic rings. The third-order valence-electron chi connectivity index (χ3n) is 3.65. The molecule has 0 atom stereocenters. The summed E-state index contributed by atoms with van der Waals surface area (Å²) in [5.74, 6) is 0.953. The number of pyridine rings is 1.